The fourth-order valence-electron chi connectivity index (χ4n) is 10.3. The highest BCUT2D eigenvalue weighted by atomic mass is 16.7. The molecule has 3 aliphatic rings. The SMILES string of the molecule is CC(=O)N[C@@H]1[C@@H](O)[C@@H](O)[C@@H](CO)C[C@H]1OCCOCCOCCOCC(=O)NCCCC[C@@H](C)NC(=O)[C@H](CCCCNC(=O)COCCOCCOCCO[C@@H]1O[C@H](CO)[C@H](O)[C@H](O)[C@H]1NC(C)=O)NC(=O)COCCOCCOCCO[C@@H]1O[C@H](CO)[C@H](O)[C@H](O)[C@H]1NC(C)=O. The Hall–Kier alpha value is -4.63. The molecule has 37 nitrogen and oxygen atoms in total. The maximum atomic E-state index is 13.6. The van der Waals surface area contributed by atoms with E-state index in [0.29, 0.717) is 38.6 Å². The zero-order valence-electron chi connectivity index (χ0n) is 56.7. The number of hydrogen-bond donors (Lipinski definition) is 16. The highest BCUT2D eigenvalue weighted by Crippen LogP contribution is 2.28. The van der Waals surface area contributed by atoms with Crippen molar-refractivity contribution in [3.8, 4) is 0 Å². The Bertz CT molecular complexity index is 2210. The first kappa shape index (κ1) is 87.6. The van der Waals surface area contributed by atoms with Crippen molar-refractivity contribution < 1.29 is 146 Å². The van der Waals surface area contributed by atoms with Crippen molar-refractivity contribution in [1.82, 2.24) is 37.2 Å². The molecular weight excluding hydrogens is 1310 g/mol. The van der Waals surface area contributed by atoms with E-state index in [1.165, 1.54) is 20.8 Å². The monoisotopic (exact) mass is 1420 g/mol. The summed E-state index contributed by atoms with van der Waals surface area (Å²) in [4.78, 5) is 86.4. The molecule has 0 radical (unpaired) electrons. The van der Waals surface area contributed by atoms with Gasteiger partial charge in [-0.2, -0.15) is 0 Å². The summed E-state index contributed by atoms with van der Waals surface area (Å²) >= 11 is 0. The molecule has 0 aromatic heterocycles. The molecule has 2 heterocycles. The molecule has 2 aliphatic heterocycles. The molecule has 2 saturated heterocycles. The van der Waals surface area contributed by atoms with Crippen LogP contribution in [0.4, 0.5) is 0 Å². The smallest absolute Gasteiger partial charge is 0.246 e. The normalized spacial score (nSPS) is 26.2. The molecular formula is C61H111N7O30. The molecule has 37 heteroatoms. The maximum Gasteiger partial charge on any atom is 0.246 e. The lowest BCUT2D eigenvalue weighted by molar-refractivity contribution is -0.272. The van der Waals surface area contributed by atoms with Crippen molar-refractivity contribution in [2.75, 3.05) is 172 Å². The minimum Gasteiger partial charge on any atom is -0.396 e. The van der Waals surface area contributed by atoms with Crippen molar-refractivity contribution in [2.45, 2.75) is 170 Å². The number of rotatable bonds is 55. The standard InChI is InChI=1S/C61H111N7O30/c1-38(9-5-7-11-62-47(75)35-91-22-19-85-13-16-88-25-28-94-44-31-42(32-69)53(78)56(81)50(44)65-39(2)72)64-59(84)43(68-49(77)37-93-24-21-87-15-18-90-27-30-96-61-52(67-41(4)74)58(83)55(80)46(34-71)98-61)10-6-8-12-63-48(76)36-92-23-20-86-14-17-89-26-29-95-60-51(66-40(3)73)57(82)54(79)45(33-70)97-60/h38,42-46,50-58,60-61,69-71,78-83H,5-37H2,1-4H3,(H,62,75)(H,63,76)(H,64,84)(H,65,72)(H,66,73)(H,67,74)(H,68,77)/t38-,42-,43+,44-,45-,46-,50+,51-,52-,53+,54+,55+,56-,57-,58-,60-,61-/m1/s1. The first-order valence-electron chi connectivity index (χ1n) is 33.3. The predicted molar refractivity (Wildman–Crippen MR) is 338 cm³/mol. The first-order valence-corrected chi connectivity index (χ1v) is 33.3. The molecule has 17 atom stereocenters. The van der Waals surface area contributed by atoms with Crippen LogP contribution in [0, 0.1) is 5.92 Å². The van der Waals surface area contributed by atoms with E-state index in [9.17, 15) is 79.5 Å². The molecule has 1 saturated carbocycles. The molecule has 0 unspecified atom stereocenters. The topological polar surface area (TPSA) is 515 Å². The van der Waals surface area contributed by atoms with E-state index in [1.54, 1.807) is 0 Å². The third-order valence-electron chi connectivity index (χ3n) is 15.4. The van der Waals surface area contributed by atoms with Crippen molar-refractivity contribution >= 4 is 41.4 Å². The quantitative estimate of drug-likeness (QED) is 0.0252. The van der Waals surface area contributed by atoms with Crippen LogP contribution in [0.25, 0.3) is 0 Å². The molecule has 0 aromatic rings. The highest BCUT2D eigenvalue weighted by Gasteiger charge is 2.47. The fraction of sp³-hybridized carbons (Fsp3) is 0.885. The summed E-state index contributed by atoms with van der Waals surface area (Å²) in [6.45, 7) is 6.40. The number of aliphatic hydroxyl groups excluding tert-OH is 9. The number of carbonyl (C=O) groups excluding carboxylic acids is 7. The summed E-state index contributed by atoms with van der Waals surface area (Å²) in [6.07, 6.45) is -10.3. The summed E-state index contributed by atoms with van der Waals surface area (Å²) in [5.74, 6) is -3.61. The van der Waals surface area contributed by atoms with Gasteiger partial charge >= 0.3 is 0 Å². The minimum absolute atomic E-state index is 0.00128. The van der Waals surface area contributed by atoms with Crippen molar-refractivity contribution in [1.29, 1.82) is 0 Å². The molecule has 1 aliphatic carbocycles. The van der Waals surface area contributed by atoms with Crippen LogP contribution in [0.1, 0.15) is 72.6 Å². The van der Waals surface area contributed by atoms with E-state index >= 15 is 0 Å². The zero-order chi connectivity index (χ0) is 72.0. The average Bonchev–Trinajstić information content (AvgIpc) is 0.828. The second-order valence-corrected chi connectivity index (χ2v) is 23.5. The van der Waals surface area contributed by atoms with Crippen molar-refractivity contribution in [3.05, 3.63) is 0 Å². The van der Waals surface area contributed by atoms with Crippen LogP contribution in [0.5, 0.6) is 0 Å². The number of ether oxygens (including phenoxy) is 14. The summed E-state index contributed by atoms with van der Waals surface area (Å²) in [5, 5.41) is 109. The molecule has 0 aromatic carbocycles. The van der Waals surface area contributed by atoms with Gasteiger partial charge in [0.15, 0.2) is 12.6 Å². The van der Waals surface area contributed by atoms with Gasteiger partial charge in [-0.15, -0.1) is 0 Å². The third-order valence-corrected chi connectivity index (χ3v) is 15.4. The van der Waals surface area contributed by atoms with E-state index in [2.05, 4.69) is 37.2 Å². The predicted octanol–water partition coefficient (Wildman–Crippen LogP) is -7.76. The number of hydrogen-bond acceptors (Lipinski definition) is 30. The molecule has 570 valence electrons. The summed E-state index contributed by atoms with van der Waals surface area (Å²) in [5.41, 5.74) is 0. The van der Waals surface area contributed by atoms with Gasteiger partial charge in [0.2, 0.25) is 41.4 Å². The van der Waals surface area contributed by atoms with Crippen LogP contribution in [-0.2, 0) is 99.9 Å². The van der Waals surface area contributed by atoms with Crippen molar-refractivity contribution in [3.63, 3.8) is 0 Å². The number of nitrogens with one attached hydrogen (secondary N) is 7. The third kappa shape index (κ3) is 36.3. The summed E-state index contributed by atoms with van der Waals surface area (Å²) in [6, 6.07) is -4.24. The Balaban J connectivity index is 1.30. The van der Waals surface area contributed by atoms with Gasteiger partial charge in [-0.1, -0.05) is 0 Å². The maximum absolute atomic E-state index is 13.6. The van der Waals surface area contributed by atoms with E-state index in [1.807, 2.05) is 6.92 Å². The van der Waals surface area contributed by atoms with Crippen LogP contribution >= 0.6 is 0 Å². The molecule has 16 N–H and O–H groups in total. The van der Waals surface area contributed by atoms with Gasteiger partial charge in [-0.05, 0) is 51.9 Å². The Morgan fingerprint density at radius 2 is 0.765 bits per heavy atom. The van der Waals surface area contributed by atoms with Crippen molar-refractivity contribution in [2.24, 2.45) is 5.92 Å². The van der Waals surface area contributed by atoms with Crippen LogP contribution in [0.2, 0.25) is 0 Å². The highest BCUT2D eigenvalue weighted by molar-refractivity contribution is 5.88. The molecule has 0 bridgehead atoms. The fourth-order valence-corrected chi connectivity index (χ4v) is 10.3. The van der Waals surface area contributed by atoms with Gasteiger partial charge in [-0.25, -0.2) is 0 Å². The summed E-state index contributed by atoms with van der Waals surface area (Å²) < 4.78 is 77.4. The largest absolute Gasteiger partial charge is 0.396 e. The van der Waals surface area contributed by atoms with Gasteiger partial charge in [0.25, 0.3) is 0 Å². The van der Waals surface area contributed by atoms with Gasteiger partial charge in [0.05, 0.1) is 150 Å². The lowest BCUT2D eigenvalue weighted by atomic mass is 9.79. The minimum atomic E-state index is -1.45. The first-order chi connectivity index (χ1) is 47.1. The Labute approximate surface area is 570 Å². The second-order valence-electron chi connectivity index (χ2n) is 23.5. The van der Waals surface area contributed by atoms with Gasteiger partial charge in [0.1, 0.15) is 80.7 Å². The Morgan fingerprint density at radius 3 is 1.16 bits per heavy atom. The molecule has 3 rings (SSSR count). The molecule has 0 spiro atoms. The van der Waals surface area contributed by atoms with Crippen LogP contribution in [0.15, 0.2) is 0 Å². The number of aliphatic hydroxyl groups is 9. The van der Waals surface area contributed by atoms with Gasteiger partial charge in [-0.3, -0.25) is 33.6 Å². The van der Waals surface area contributed by atoms with Gasteiger partial charge < -0.3 is 149 Å². The summed E-state index contributed by atoms with van der Waals surface area (Å²) in [7, 11) is 0. The van der Waals surface area contributed by atoms with E-state index in [0.717, 1.165) is 0 Å². The van der Waals surface area contributed by atoms with E-state index < -0.39 is 140 Å². The Kier molecular flexibility index (Phi) is 46.8. The zero-order valence-corrected chi connectivity index (χ0v) is 56.7. The molecule has 98 heavy (non-hydrogen) atoms. The van der Waals surface area contributed by atoms with Gasteiger partial charge in [0, 0.05) is 52.4 Å². The average molecular weight is 1420 g/mol. The van der Waals surface area contributed by atoms with E-state index in [-0.39, 0.29) is 183 Å². The lowest BCUT2D eigenvalue weighted by Crippen LogP contribution is -2.64. The Morgan fingerprint density at radius 1 is 0.408 bits per heavy atom. The molecule has 3 fully saturated rings. The van der Waals surface area contributed by atoms with Crippen LogP contribution in [-0.4, -0.2) is 357 Å². The lowest BCUT2D eigenvalue weighted by Gasteiger charge is -2.42. The van der Waals surface area contributed by atoms with E-state index in [4.69, 9.17) is 66.3 Å². The number of carbonyl (C=O) groups is 7. The second kappa shape index (κ2) is 52.3. The molecule has 7 amide bonds. The van der Waals surface area contributed by atoms with Crippen LogP contribution < -0.4 is 37.2 Å². The number of amides is 7. The van der Waals surface area contributed by atoms with Crippen LogP contribution in [0.3, 0.4) is 0 Å². The number of unbranched alkanes of at least 4 members (excludes halogenated alkanes) is 2.